The highest BCUT2D eigenvalue weighted by Crippen LogP contribution is 2.61. The molecule has 1 N–H and O–H groups in total. The molecule has 1 saturated heterocycles. The minimum atomic E-state index is 0.714. The molecule has 5 rings (SSSR count). The van der Waals surface area contributed by atoms with Crippen LogP contribution in [0, 0.1) is 29.1 Å². The monoisotopic (exact) mass is 265 g/mol. The quantitative estimate of drug-likeness (QED) is 0.778. The largest absolute Gasteiger partial charge is 0.312 e. The summed E-state index contributed by atoms with van der Waals surface area (Å²) >= 11 is 2.22. The van der Waals surface area contributed by atoms with Gasteiger partial charge in [-0.05, 0) is 79.9 Å². The fourth-order valence-electron chi connectivity index (χ4n) is 5.85. The zero-order valence-electron chi connectivity index (χ0n) is 11.7. The van der Waals surface area contributed by atoms with Crippen LogP contribution in [0.3, 0.4) is 0 Å². The van der Waals surface area contributed by atoms with Gasteiger partial charge in [-0.3, -0.25) is 0 Å². The molecule has 5 aliphatic rings. The van der Waals surface area contributed by atoms with Gasteiger partial charge in [0, 0.05) is 11.8 Å². The highest BCUT2D eigenvalue weighted by molar-refractivity contribution is 7.99. The molecular formula is C16H27NS. The Labute approximate surface area is 116 Å². The van der Waals surface area contributed by atoms with E-state index in [-0.39, 0.29) is 0 Å². The van der Waals surface area contributed by atoms with Crippen molar-refractivity contribution >= 4 is 11.8 Å². The maximum absolute atomic E-state index is 3.97. The van der Waals surface area contributed by atoms with E-state index in [9.17, 15) is 0 Å². The summed E-state index contributed by atoms with van der Waals surface area (Å²) in [5, 5.41) is 3.97. The van der Waals surface area contributed by atoms with Crippen LogP contribution in [0.5, 0.6) is 0 Å². The molecule has 4 bridgehead atoms. The van der Waals surface area contributed by atoms with E-state index in [2.05, 4.69) is 24.0 Å². The summed E-state index contributed by atoms with van der Waals surface area (Å²) in [6.07, 6.45) is 9.42. The van der Waals surface area contributed by atoms with Crippen molar-refractivity contribution in [2.24, 2.45) is 29.1 Å². The van der Waals surface area contributed by atoms with Gasteiger partial charge < -0.3 is 5.32 Å². The Bertz CT molecular complexity index is 292. The summed E-state index contributed by atoms with van der Waals surface area (Å²) in [6.45, 7) is 3.67. The zero-order chi connectivity index (χ0) is 12.2. The molecule has 2 heteroatoms. The van der Waals surface area contributed by atoms with Gasteiger partial charge in [-0.2, -0.15) is 11.8 Å². The Hall–Kier alpha value is 0.310. The van der Waals surface area contributed by atoms with E-state index in [4.69, 9.17) is 0 Å². The first-order valence-corrected chi connectivity index (χ1v) is 9.20. The molecular weight excluding hydrogens is 238 g/mol. The van der Waals surface area contributed by atoms with Crippen LogP contribution in [-0.4, -0.2) is 24.1 Å². The molecule has 4 saturated carbocycles. The molecule has 2 atom stereocenters. The lowest BCUT2D eigenvalue weighted by Gasteiger charge is -2.59. The van der Waals surface area contributed by atoms with Crippen LogP contribution >= 0.6 is 11.8 Å². The number of thioether (sulfide) groups is 1. The molecule has 0 aromatic carbocycles. The smallest absolute Gasteiger partial charge is 0.0215 e. The normalized spacial score (nSPS) is 55.5. The first-order chi connectivity index (χ1) is 8.73. The Balaban J connectivity index is 1.55. The van der Waals surface area contributed by atoms with Gasteiger partial charge in [0.25, 0.3) is 0 Å². The van der Waals surface area contributed by atoms with E-state index in [1.54, 1.807) is 38.5 Å². The van der Waals surface area contributed by atoms with Crippen molar-refractivity contribution in [2.45, 2.75) is 51.5 Å². The van der Waals surface area contributed by atoms with Gasteiger partial charge >= 0.3 is 0 Å². The van der Waals surface area contributed by atoms with Crippen LogP contribution in [-0.2, 0) is 0 Å². The van der Waals surface area contributed by atoms with E-state index >= 15 is 0 Å². The van der Waals surface area contributed by atoms with E-state index in [0.29, 0.717) is 5.41 Å². The lowest BCUT2D eigenvalue weighted by molar-refractivity contribution is -0.0694. The summed E-state index contributed by atoms with van der Waals surface area (Å²) < 4.78 is 0. The fourth-order valence-corrected chi connectivity index (χ4v) is 7.21. The number of nitrogens with one attached hydrogen (secondary N) is 1. The standard InChI is InChI=1S/C16H27NS/c1-11-8-17-15(10-18-9-11)16-5-12-2-13(6-16)4-14(3-12)7-16/h11-15,17H,2-10H2,1H3. The molecule has 0 amide bonds. The first kappa shape index (κ1) is 12.1. The highest BCUT2D eigenvalue weighted by Gasteiger charge is 2.54. The Morgan fingerprint density at radius 2 is 1.56 bits per heavy atom. The van der Waals surface area contributed by atoms with Crippen LogP contribution in [0.15, 0.2) is 0 Å². The molecule has 4 aliphatic carbocycles. The third-order valence-electron chi connectivity index (χ3n) is 6.22. The van der Waals surface area contributed by atoms with Crippen LogP contribution in [0.4, 0.5) is 0 Å². The Morgan fingerprint density at radius 3 is 2.17 bits per heavy atom. The summed E-state index contributed by atoms with van der Waals surface area (Å²) in [5.41, 5.74) is 0.714. The third-order valence-corrected chi connectivity index (χ3v) is 7.60. The summed E-state index contributed by atoms with van der Waals surface area (Å²) in [6, 6.07) is 0.834. The summed E-state index contributed by atoms with van der Waals surface area (Å²) in [7, 11) is 0. The minimum Gasteiger partial charge on any atom is -0.312 e. The summed E-state index contributed by atoms with van der Waals surface area (Å²) in [5.74, 6) is 6.93. The van der Waals surface area contributed by atoms with Gasteiger partial charge in [-0.1, -0.05) is 6.92 Å². The van der Waals surface area contributed by atoms with Gasteiger partial charge in [0.05, 0.1) is 0 Å². The Morgan fingerprint density at radius 1 is 0.944 bits per heavy atom. The van der Waals surface area contributed by atoms with E-state index in [1.807, 2.05) is 0 Å². The van der Waals surface area contributed by atoms with Crippen molar-refractivity contribution in [3.05, 3.63) is 0 Å². The van der Waals surface area contributed by atoms with Crippen molar-refractivity contribution in [2.75, 3.05) is 18.1 Å². The van der Waals surface area contributed by atoms with Gasteiger partial charge in [0.2, 0.25) is 0 Å². The maximum Gasteiger partial charge on any atom is 0.0215 e. The lowest BCUT2D eigenvalue weighted by Crippen LogP contribution is -2.56. The first-order valence-electron chi connectivity index (χ1n) is 8.05. The Kier molecular flexibility index (Phi) is 2.96. The maximum atomic E-state index is 3.97. The second-order valence-corrected chi connectivity index (χ2v) is 8.96. The number of rotatable bonds is 1. The van der Waals surface area contributed by atoms with E-state index < -0.39 is 0 Å². The average molecular weight is 265 g/mol. The molecule has 2 unspecified atom stereocenters. The highest BCUT2D eigenvalue weighted by atomic mass is 32.2. The SMILES string of the molecule is CC1CNC(C23CC4CC(CC(C4)C2)C3)CSC1. The molecule has 0 aromatic heterocycles. The van der Waals surface area contributed by atoms with E-state index in [1.165, 1.54) is 18.1 Å². The van der Waals surface area contributed by atoms with Crippen molar-refractivity contribution in [1.29, 1.82) is 0 Å². The topological polar surface area (TPSA) is 12.0 Å². The van der Waals surface area contributed by atoms with E-state index in [0.717, 1.165) is 29.7 Å². The van der Waals surface area contributed by atoms with Crippen LogP contribution in [0.1, 0.15) is 45.4 Å². The second-order valence-electron chi connectivity index (χ2n) is 7.88. The summed E-state index contributed by atoms with van der Waals surface area (Å²) in [4.78, 5) is 0. The molecule has 0 spiro atoms. The number of hydrogen-bond donors (Lipinski definition) is 1. The van der Waals surface area contributed by atoms with Crippen LogP contribution in [0.25, 0.3) is 0 Å². The minimum absolute atomic E-state index is 0.714. The van der Waals surface area contributed by atoms with Gasteiger partial charge in [-0.25, -0.2) is 0 Å². The predicted molar refractivity (Wildman–Crippen MR) is 78.9 cm³/mol. The van der Waals surface area contributed by atoms with Crippen molar-refractivity contribution in [3.63, 3.8) is 0 Å². The molecule has 1 nitrogen and oxygen atoms in total. The van der Waals surface area contributed by atoms with Gasteiger partial charge in [0.1, 0.15) is 0 Å². The van der Waals surface area contributed by atoms with Crippen molar-refractivity contribution < 1.29 is 0 Å². The molecule has 5 fully saturated rings. The number of hydrogen-bond acceptors (Lipinski definition) is 2. The van der Waals surface area contributed by atoms with Crippen LogP contribution < -0.4 is 5.32 Å². The fraction of sp³-hybridized carbons (Fsp3) is 1.00. The predicted octanol–water partition coefficient (Wildman–Crippen LogP) is 3.54. The molecule has 1 aliphatic heterocycles. The van der Waals surface area contributed by atoms with Gasteiger partial charge in [-0.15, -0.1) is 0 Å². The second kappa shape index (κ2) is 4.41. The molecule has 102 valence electrons. The molecule has 0 radical (unpaired) electrons. The van der Waals surface area contributed by atoms with Gasteiger partial charge in [0.15, 0.2) is 0 Å². The van der Waals surface area contributed by atoms with Crippen LogP contribution in [0.2, 0.25) is 0 Å². The zero-order valence-corrected chi connectivity index (χ0v) is 12.5. The van der Waals surface area contributed by atoms with Crippen molar-refractivity contribution in [1.82, 2.24) is 5.32 Å². The lowest BCUT2D eigenvalue weighted by atomic mass is 9.48. The molecule has 18 heavy (non-hydrogen) atoms. The molecule has 0 aromatic rings. The van der Waals surface area contributed by atoms with Crippen molar-refractivity contribution in [3.8, 4) is 0 Å². The molecule has 1 heterocycles. The average Bonchev–Trinajstić information content (AvgIpc) is 2.52. The third kappa shape index (κ3) is 1.95.